The lowest BCUT2D eigenvalue weighted by molar-refractivity contribution is -0.139. The van der Waals surface area contributed by atoms with Gasteiger partial charge in [-0.1, -0.05) is 0 Å². The van der Waals surface area contributed by atoms with Crippen molar-refractivity contribution < 1.29 is 27.9 Å². The minimum Gasteiger partial charge on any atom is -0.492 e. The Balaban J connectivity index is 1.76. The van der Waals surface area contributed by atoms with Gasteiger partial charge in [0.2, 0.25) is 0 Å². The zero-order chi connectivity index (χ0) is 24.2. The second-order valence-corrected chi connectivity index (χ2v) is 9.75. The van der Waals surface area contributed by atoms with E-state index in [0.717, 1.165) is 11.3 Å². The molecule has 1 aromatic carbocycles. The summed E-state index contributed by atoms with van der Waals surface area (Å²) in [4.78, 5) is 27.9. The SMILES string of the molecule is NC(N)=NCCCC(NC(=O)c1sccc1NS(=O)(=O)c1cc(N)cc2c1OCC2)C(=O)O. The molecular weight excluding hydrogens is 472 g/mol. The molecule has 0 saturated heterocycles. The second kappa shape index (κ2) is 9.95. The Morgan fingerprint density at radius 2 is 2.06 bits per heavy atom. The van der Waals surface area contributed by atoms with Crippen molar-refractivity contribution in [3.05, 3.63) is 34.0 Å². The molecule has 0 spiro atoms. The number of carbonyl (C=O) groups excluding carboxylic acids is 1. The van der Waals surface area contributed by atoms with Crippen LogP contribution in [0.1, 0.15) is 28.1 Å². The lowest BCUT2D eigenvalue weighted by atomic mass is 10.1. The van der Waals surface area contributed by atoms with Crippen LogP contribution in [0.2, 0.25) is 0 Å². The number of aliphatic carboxylic acids is 1. The van der Waals surface area contributed by atoms with Gasteiger partial charge >= 0.3 is 5.97 Å². The van der Waals surface area contributed by atoms with Gasteiger partial charge in [0, 0.05) is 24.2 Å². The zero-order valence-electron chi connectivity index (χ0n) is 17.4. The largest absolute Gasteiger partial charge is 0.492 e. The number of nitrogen functional groups attached to an aromatic ring is 1. The number of sulfonamides is 1. The molecule has 1 unspecified atom stereocenters. The number of rotatable bonds is 10. The van der Waals surface area contributed by atoms with Gasteiger partial charge in [0.15, 0.2) is 5.96 Å². The number of anilines is 2. The molecule has 14 heteroatoms. The van der Waals surface area contributed by atoms with Crippen molar-refractivity contribution in [2.75, 3.05) is 23.6 Å². The summed E-state index contributed by atoms with van der Waals surface area (Å²) in [5.41, 5.74) is 17.3. The van der Waals surface area contributed by atoms with E-state index in [2.05, 4.69) is 15.0 Å². The topological polar surface area (TPSA) is 212 Å². The van der Waals surface area contributed by atoms with Crippen molar-refractivity contribution in [1.29, 1.82) is 0 Å². The number of thiophene rings is 1. The molecule has 33 heavy (non-hydrogen) atoms. The molecule has 1 amide bonds. The van der Waals surface area contributed by atoms with Gasteiger partial charge in [-0.15, -0.1) is 11.3 Å². The Morgan fingerprint density at radius 3 is 2.76 bits per heavy atom. The van der Waals surface area contributed by atoms with Crippen molar-refractivity contribution in [2.24, 2.45) is 16.5 Å². The molecule has 1 atom stereocenters. The normalized spacial score (nSPS) is 13.5. The highest BCUT2D eigenvalue weighted by Gasteiger charge is 2.29. The monoisotopic (exact) mass is 496 g/mol. The van der Waals surface area contributed by atoms with Crippen molar-refractivity contribution >= 4 is 50.6 Å². The Bertz CT molecular complexity index is 1190. The van der Waals surface area contributed by atoms with E-state index in [1.165, 1.54) is 17.5 Å². The molecule has 0 aliphatic carbocycles. The minimum atomic E-state index is -4.14. The van der Waals surface area contributed by atoms with Gasteiger partial charge < -0.3 is 32.4 Å². The van der Waals surface area contributed by atoms with Crippen molar-refractivity contribution in [3.8, 4) is 5.75 Å². The van der Waals surface area contributed by atoms with E-state index in [0.29, 0.717) is 25.0 Å². The molecule has 1 aliphatic heterocycles. The maximum absolute atomic E-state index is 13.0. The third-order valence-corrected chi connectivity index (χ3v) is 7.01. The molecule has 0 saturated carbocycles. The number of hydrogen-bond acceptors (Lipinski definition) is 8. The van der Waals surface area contributed by atoms with Gasteiger partial charge in [0.1, 0.15) is 21.6 Å². The maximum atomic E-state index is 13.0. The molecule has 1 aromatic heterocycles. The molecular formula is C19H24N6O6S2. The number of ether oxygens (including phenoxy) is 1. The number of guanidine groups is 1. The summed E-state index contributed by atoms with van der Waals surface area (Å²) in [5, 5.41) is 13.3. The number of carboxylic acid groups (broad SMARTS) is 1. The van der Waals surface area contributed by atoms with Crippen LogP contribution in [0.5, 0.6) is 5.75 Å². The Labute approximate surface area is 193 Å². The van der Waals surface area contributed by atoms with E-state index in [1.54, 1.807) is 6.07 Å². The summed E-state index contributed by atoms with van der Waals surface area (Å²) in [6, 6.07) is 3.16. The number of benzene rings is 1. The molecule has 2 heterocycles. The van der Waals surface area contributed by atoms with E-state index in [1.807, 2.05) is 0 Å². The molecule has 12 nitrogen and oxygen atoms in total. The molecule has 0 bridgehead atoms. The average molecular weight is 497 g/mol. The van der Waals surface area contributed by atoms with Crippen LogP contribution in [0, 0.1) is 0 Å². The summed E-state index contributed by atoms with van der Waals surface area (Å²) in [6.45, 7) is 0.547. The fourth-order valence-corrected chi connectivity index (χ4v) is 5.36. The number of nitrogens with zero attached hydrogens (tertiary/aromatic N) is 1. The first-order valence-corrected chi connectivity index (χ1v) is 12.2. The number of hydrogen-bond donors (Lipinski definition) is 6. The molecule has 2 aromatic rings. The lowest BCUT2D eigenvalue weighted by Crippen LogP contribution is -2.40. The average Bonchev–Trinajstić information content (AvgIpc) is 3.37. The van der Waals surface area contributed by atoms with Gasteiger partial charge in [-0.2, -0.15) is 0 Å². The molecule has 0 radical (unpaired) electrons. The summed E-state index contributed by atoms with van der Waals surface area (Å²) < 4.78 is 33.9. The predicted octanol–water partition coefficient (Wildman–Crippen LogP) is 0.303. The number of nitrogens with one attached hydrogen (secondary N) is 2. The van der Waals surface area contributed by atoms with E-state index >= 15 is 0 Å². The molecule has 178 valence electrons. The number of carboxylic acids is 1. The highest BCUT2D eigenvalue weighted by Crippen LogP contribution is 2.36. The van der Waals surface area contributed by atoms with Crippen LogP contribution in [-0.2, 0) is 21.2 Å². The van der Waals surface area contributed by atoms with E-state index in [4.69, 9.17) is 21.9 Å². The Morgan fingerprint density at radius 1 is 1.30 bits per heavy atom. The van der Waals surface area contributed by atoms with Crippen LogP contribution >= 0.6 is 11.3 Å². The van der Waals surface area contributed by atoms with Gasteiger partial charge in [-0.05, 0) is 36.4 Å². The smallest absolute Gasteiger partial charge is 0.326 e. The molecule has 9 N–H and O–H groups in total. The first-order chi connectivity index (χ1) is 15.6. The predicted molar refractivity (Wildman–Crippen MR) is 124 cm³/mol. The summed E-state index contributed by atoms with van der Waals surface area (Å²) in [5.74, 6) is -1.85. The number of amides is 1. The first kappa shape index (κ1) is 24.1. The van der Waals surface area contributed by atoms with Crippen LogP contribution in [0.3, 0.4) is 0 Å². The van der Waals surface area contributed by atoms with Crippen LogP contribution < -0.4 is 32.0 Å². The standard InChI is InChI=1S/C19H24N6O6S2/c20-11-8-10-3-6-31-15(10)14(9-11)33(29,30)25-12-4-7-32-16(12)17(26)24-13(18(27)28)2-1-5-23-19(21)22/h4,7-9,13,25H,1-3,5-6,20H2,(H,24,26)(H,27,28)(H4,21,22,23). The van der Waals surface area contributed by atoms with Gasteiger partial charge in [-0.25, -0.2) is 13.2 Å². The lowest BCUT2D eigenvalue weighted by Gasteiger charge is -2.15. The van der Waals surface area contributed by atoms with Crippen LogP contribution in [0.4, 0.5) is 11.4 Å². The fraction of sp³-hybridized carbons (Fsp3) is 0.316. The molecule has 0 fully saturated rings. The van der Waals surface area contributed by atoms with Crippen LogP contribution in [0.25, 0.3) is 0 Å². The number of nitrogens with two attached hydrogens (primary N) is 3. The zero-order valence-corrected chi connectivity index (χ0v) is 19.0. The van der Waals surface area contributed by atoms with Crippen molar-refractivity contribution in [3.63, 3.8) is 0 Å². The number of aliphatic imine (C=N–C) groups is 1. The Hall–Kier alpha value is -3.52. The van der Waals surface area contributed by atoms with Gasteiger partial charge in [0.25, 0.3) is 15.9 Å². The molecule has 3 rings (SSSR count). The van der Waals surface area contributed by atoms with Crippen molar-refractivity contribution in [1.82, 2.24) is 5.32 Å². The van der Waals surface area contributed by atoms with E-state index < -0.39 is 27.9 Å². The summed E-state index contributed by atoms with van der Waals surface area (Å²) in [7, 11) is -4.14. The Kier molecular flexibility index (Phi) is 7.28. The summed E-state index contributed by atoms with van der Waals surface area (Å²) in [6.07, 6.45) is 0.936. The minimum absolute atomic E-state index is 0.00974. The highest BCUT2D eigenvalue weighted by molar-refractivity contribution is 7.92. The third kappa shape index (κ3) is 5.84. The number of fused-ring (bicyclic) bond motifs is 1. The molecule has 1 aliphatic rings. The van der Waals surface area contributed by atoms with Crippen LogP contribution in [0.15, 0.2) is 33.5 Å². The number of carbonyl (C=O) groups is 2. The fourth-order valence-electron chi connectivity index (χ4n) is 3.25. The van der Waals surface area contributed by atoms with Gasteiger partial charge in [-0.3, -0.25) is 14.5 Å². The van der Waals surface area contributed by atoms with E-state index in [9.17, 15) is 23.1 Å². The highest BCUT2D eigenvalue weighted by atomic mass is 32.2. The third-order valence-electron chi connectivity index (χ3n) is 4.73. The van der Waals surface area contributed by atoms with Crippen molar-refractivity contribution in [2.45, 2.75) is 30.2 Å². The van der Waals surface area contributed by atoms with Gasteiger partial charge in [0.05, 0.1) is 12.3 Å². The maximum Gasteiger partial charge on any atom is 0.326 e. The van der Waals surface area contributed by atoms with E-state index in [-0.39, 0.29) is 45.8 Å². The quantitative estimate of drug-likeness (QED) is 0.115. The first-order valence-electron chi connectivity index (χ1n) is 9.83. The summed E-state index contributed by atoms with van der Waals surface area (Å²) >= 11 is 0.965. The van der Waals surface area contributed by atoms with Crippen LogP contribution in [-0.4, -0.2) is 50.6 Å². The second-order valence-electron chi connectivity index (χ2n) is 7.19.